The summed E-state index contributed by atoms with van der Waals surface area (Å²) in [5.41, 5.74) is 3.33. The highest BCUT2D eigenvalue weighted by Crippen LogP contribution is 2.29. The number of para-hydroxylation sites is 1. The number of aryl methyl sites for hydroxylation is 1. The largest absolute Gasteiger partial charge is 0.493 e. The van der Waals surface area contributed by atoms with E-state index in [1.165, 1.54) is 44.1 Å². The van der Waals surface area contributed by atoms with Gasteiger partial charge in [-0.2, -0.15) is 5.26 Å². The minimum atomic E-state index is 0.0611. The van der Waals surface area contributed by atoms with Crippen molar-refractivity contribution < 1.29 is 4.74 Å². The fourth-order valence-electron chi connectivity index (χ4n) is 3.36. The van der Waals surface area contributed by atoms with Crippen molar-refractivity contribution in [2.45, 2.75) is 71.6 Å². The molecular formula is C25H34N2O. The van der Waals surface area contributed by atoms with Crippen molar-refractivity contribution in [1.82, 2.24) is 4.98 Å². The van der Waals surface area contributed by atoms with Gasteiger partial charge in [0.15, 0.2) is 0 Å². The molecule has 3 heteroatoms. The van der Waals surface area contributed by atoms with Gasteiger partial charge in [0, 0.05) is 17.7 Å². The Labute approximate surface area is 170 Å². The summed E-state index contributed by atoms with van der Waals surface area (Å²) in [4.78, 5) is 4.58. The van der Waals surface area contributed by atoms with E-state index in [1.54, 1.807) is 0 Å². The summed E-state index contributed by atoms with van der Waals surface area (Å²) >= 11 is 0. The Morgan fingerprint density at radius 1 is 1.04 bits per heavy atom. The first-order valence-electron chi connectivity index (χ1n) is 10.8. The maximum absolute atomic E-state index is 9.10. The molecule has 1 aromatic carbocycles. The molecule has 1 unspecified atom stereocenters. The highest BCUT2D eigenvalue weighted by Gasteiger charge is 2.10. The molecule has 0 aliphatic rings. The molecule has 1 atom stereocenters. The maximum atomic E-state index is 9.10. The summed E-state index contributed by atoms with van der Waals surface area (Å²) in [6.07, 6.45) is 12.5. The Morgan fingerprint density at radius 3 is 2.61 bits per heavy atom. The summed E-state index contributed by atoms with van der Waals surface area (Å²) < 4.78 is 6.01. The van der Waals surface area contributed by atoms with Crippen LogP contribution in [0.25, 0.3) is 11.3 Å². The van der Waals surface area contributed by atoms with E-state index in [-0.39, 0.29) is 5.92 Å². The molecule has 0 bridgehead atoms. The summed E-state index contributed by atoms with van der Waals surface area (Å²) in [6.45, 7) is 4.85. The zero-order valence-electron chi connectivity index (χ0n) is 17.5. The van der Waals surface area contributed by atoms with Gasteiger partial charge in [-0.25, -0.2) is 0 Å². The molecule has 150 valence electrons. The summed E-state index contributed by atoms with van der Waals surface area (Å²) in [6, 6.07) is 14.7. The number of ether oxygens (including phenoxy) is 1. The van der Waals surface area contributed by atoms with Crippen molar-refractivity contribution in [3.63, 3.8) is 0 Å². The smallest absolute Gasteiger partial charge is 0.128 e. The fraction of sp³-hybridized carbons (Fsp3) is 0.520. The lowest BCUT2D eigenvalue weighted by atomic mass is 10.0. The van der Waals surface area contributed by atoms with Gasteiger partial charge < -0.3 is 4.74 Å². The molecule has 2 aromatic rings. The quantitative estimate of drug-likeness (QED) is 0.353. The highest BCUT2D eigenvalue weighted by molar-refractivity contribution is 5.67. The number of hydrogen-bond acceptors (Lipinski definition) is 3. The van der Waals surface area contributed by atoms with Crippen LogP contribution < -0.4 is 4.74 Å². The van der Waals surface area contributed by atoms with E-state index >= 15 is 0 Å². The number of rotatable bonds is 13. The minimum absolute atomic E-state index is 0.0611. The van der Waals surface area contributed by atoms with Gasteiger partial charge in [-0.3, -0.25) is 4.98 Å². The molecule has 0 spiro atoms. The van der Waals surface area contributed by atoms with Gasteiger partial charge in [-0.15, -0.1) is 0 Å². The number of benzene rings is 1. The summed E-state index contributed by atoms with van der Waals surface area (Å²) in [5.74, 6) is 0.908. The number of nitrogens with zero attached hydrogens (tertiary/aromatic N) is 2. The second-order valence-electron chi connectivity index (χ2n) is 7.43. The van der Waals surface area contributed by atoms with Crippen LogP contribution in [0.1, 0.15) is 70.8 Å². The Hall–Kier alpha value is -2.34. The first-order chi connectivity index (χ1) is 13.8. The molecule has 0 saturated carbocycles. The van der Waals surface area contributed by atoms with Gasteiger partial charge in [-0.1, -0.05) is 58.1 Å². The third-order valence-electron chi connectivity index (χ3n) is 5.21. The molecule has 28 heavy (non-hydrogen) atoms. The Kier molecular flexibility index (Phi) is 10.1. The van der Waals surface area contributed by atoms with Crippen LogP contribution in [-0.4, -0.2) is 11.6 Å². The van der Waals surface area contributed by atoms with E-state index in [4.69, 9.17) is 10.00 Å². The molecule has 3 nitrogen and oxygen atoms in total. The SMILES string of the molecule is CCCCCCCCc1ccnc(-c2ccccc2OCCC(C#N)CC)c1. The number of unbranched alkanes of at least 4 members (excludes halogenated alkanes) is 5. The van der Waals surface area contributed by atoms with E-state index in [0.717, 1.165) is 36.3 Å². The Balaban J connectivity index is 1.96. The van der Waals surface area contributed by atoms with Crippen molar-refractivity contribution in [2.24, 2.45) is 5.92 Å². The highest BCUT2D eigenvalue weighted by atomic mass is 16.5. The van der Waals surface area contributed by atoms with E-state index in [1.807, 2.05) is 31.3 Å². The predicted octanol–water partition coefficient (Wildman–Crippen LogP) is 6.97. The van der Waals surface area contributed by atoms with Gasteiger partial charge in [0.25, 0.3) is 0 Å². The number of pyridine rings is 1. The first kappa shape index (κ1) is 22.0. The topological polar surface area (TPSA) is 45.9 Å². The van der Waals surface area contributed by atoms with Gasteiger partial charge >= 0.3 is 0 Å². The third kappa shape index (κ3) is 7.35. The molecule has 0 fully saturated rings. The third-order valence-corrected chi connectivity index (χ3v) is 5.21. The van der Waals surface area contributed by atoms with E-state index in [9.17, 15) is 0 Å². The van der Waals surface area contributed by atoms with Crippen LogP contribution in [-0.2, 0) is 6.42 Å². The molecule has 0 amide bonds. The van der Waals surface area contributed by atoms with Crippen molar-refractivity contribution >= 4 is 0 Å². The lowest BCUT2D eigenvalue weighted by Crippen LogP contribution is -2.05. The average Bonchev–Trinajstić information content (AvgIpc) is 2.74. The van der Waals surface area contributed by atoms with E-state index < -0.39 is 0 Å². The average molecular weight is 379 g/mol. The zero-order chi connectivity index (χ0) is 20.0. The van der Waals surface area contributed by atoms with Crippen LogP contribution >= 0.6 is 0 Å². The lowest BCUT2D eigenvalue weighted by molar-refractivity contribution is 0.292. The van der Waals surface area contributed by atoms with Gasteiger partial charge in [0.05, 0.1) is 18.4 Å². The van der Waals surface area contributed by atoms with Crippen molar-refractivity contribution in [1.29, 1.82) is 5.26 Å². The molecule has 0 saturated heterocycles. The van der Waals surface area contributed by atoms with Crippen LogP contribution in [0.3, 0.4) is 0 Å². The zero-order valence-corrected chi connectivity index (χ0v) is 17.5. The van der Waals surface area contributed by atoms with Gasteiger partial charge in [0.1, 0.15) is 5.75 Å². The first-order valence-corrected chi connectivity index (χ1v) is 10.8. The van der Waals surface area contributed by atoms with E-state index in [0.29, 0.717) is 6.61 Å². The van der Waals surface area contributed by atoms with Crippen molar-refractivity contribution in [3.8, 4) is 23.1 Å². The predicted molar refractivity (Wildman–Crippen MR) is 116 cm³/mol. The fourth-order valence-corrected chi connectivity index (χ4v) is 3.36. The Bertz CT molecular complexity index is 735. The molecular weight excluding hydrogens is 344 g/mol. The number of nitriles is 1. The molecule has 2 rings (SSSR count). The van der Waals surface area contributed by atoms with Crippen molar-refractivity contribution in [3.05, 3.63) is 48.2 Å². The molecule has 0 aliphatic heterocycles. The molecule has 1 heterocycles. The van der Waals surface area contributed by atoms with Crippen LogP contribution in [0.15, 0.2) is 42.6 Å². The van der Waals surface area contributed by atoms with Crippen molar-refractivity contribution in [2.75, 3.05) is 6.61 Å². The molecule has 1 aromatic heterocycles. The summed E-state index contributed by atoms with van der Waals surface area (Å²) in [5, 5.41) is 9.10. The lowest BCUT2D eigenvalue weighted by Gasteiger charge is -2.13. The van der Waals surface area contributed by atoms with Crippen LogP contribution in [0.2, 0.25) is 0 Å². The van der Waals surface area contributed by atoms with Gasteiger partial charge in [-0.05, 0) is 55.5 Å². The molecule has 0 aliphatic carbocycles. The second-order valence-corrected chi connectivity index (χ2v) is 7.43. The number of aromatic nitrogens is 1. The minimum Gasteiger partial charge on any atom is -0.493 e. The number of hydrogen-bond donors (Lipinski definition) is 0. The van der Waals surface area contributed by atoms with Crippen LogP contribution in [0, 0.1) is 17.2 Å². The Morgan fingerprint density at radius 2 is 1.82 bits per heavy atom. The van der Waals surface area contributed by atoms with Gasteiger partial charge in [0.2, 0.25) is 0 Å². The normalized spacial score (nSPS) is 11.8. The second kappa shape index (κ2) is 12.9. The summed E-state index contributed by atoms with van der Waals surface area (Å²) in [7, 11) is 0. The molecule has 0 N–H and O–H groups in total. The maximum Gasteiger partial charge on any atom is 0.128 e. The monoisotopic (exact) mass is 378 g/mol. The van der Waals surface area contributed by atoms with Crippen LogP contribution in [0.4, 0.5) is 0 Å². The standard InChI is InChI=1S/C25H34N2O/c1-3-5-6-7-8-9-12-22-15-17-27-24(19-22)23-13-10-11-14-25(23)28-18-16-21(4-2)20-26/h10-11,13-15,17,19,21H,3-9,12,16,18H2,1-2H3. The molecule has 0 radical (unpaired) electrons. The van der Waals surface area contributed by atoms with Crippen LogP contribution in [0.5, 0.6) is 5.75 Å². The van der Waals surface area contributed by atoms with E-state index in [2.05, 4.69) is 36.2 Å².